The van der Waals surface area contributed by atoms with Crippen molar-refractivity contribution in [2.24, 2.45) is 0 Å². The Hall–Kier alpha value is -3.43. The van der Waals surface area contributed by atoms with Crippen molar-refractivity contribution in [2.45, 2.75) is 55.4 Å². The molecule has 6 heterocycles. The van der Waals surface area contributed by atoms with Gasteiger partial charge in [-0.25, -0.2) is 33.0 Å². The third kappa shape index (κ3) is 9.31. The average Bonchev–Trinajstić information content (AvgIpc) is 3.89. The van der Waals surface area contributed by atoms with Crippen molar-refractivity contribution in [3.05, 3.63) is 92.0 Å². The molecule has 13 atom stereocenters. The van der Waals surface area contributed by atoms with Crippen LogP contribution in [0.25, 0.3) is 11.2 Å². The topological polar surface area (TPSA) is 391 Å². The van der Waals surface area contributed by atoms with Crippen molar-refractivity contribution >= 4 is 42.5 Å². The molecule has 32 heteroatoms. The molecule has 4 aromatic rings. The van der Waals surface area contributed by atoms with Gasteiger partial charge in [0, 0.05) is 17.8 Å². The van der Waals surface area contributed by atoms with Gasteiger partial charge < -0.3 is 53.7 Å². The fourth-order valence-electron chi connectivity index (χ4n) is 6.04. The minimum absolute atomic E-state index is 0.0752. The first-order chi connectivity index (χ1) is 27.2. The Morgan fingerprint density at radius 3 is 1.97 bits per heavy atom. The Balaban J connectivity index is 0.950. The number of phosphoric acid groups is 4. The van der Waals surface area contributed by atoms with Crippen LogP contribution in [-0.2, 0) is 59.2 Å². The van der Waals surface area contributed by atoms with E-state index >= 15 is 0 Å². The Bertz CT molecular complexity index is 2530. The lowest BCUT2D eigenvalue weighted by molar-refractivity contribution is -0.154. The van der Waals surface area contributed by atoms with Crippen LogP contribution in [0.1, 0.15) is 24.3 Å². The van der Waals surface area contributed by atoms with Gasteiger partial charge in [0.25, 0.3) is 11.1 Å². The molecule has 3 aliphatic heterocycles. The number of hydrogen-bond acceptors (Lipinski definition) is 20. The molecular formula is C26H30N6O22P4. The highest BCUT2D eigenvalue weighted by Gasteiger charge is 2.55. The predicted octanol–water partition coefficient (Wildman–Crippen LogP) is -0.846. The number of rotatable bonds is 15. The van der Waals surface area contributed by atoms with Crippen molar-refractivity contribution < 1.29 is 89.0 Å². The van der Waals surface area contributed by atoms with Gasteiger partial charge in [-0.3, -0.25) is 32.8 Å². The molecule has 0 saturated carbocycles. The number of nitrogens with zero attached hydrogens (tertiary/aromatic N) is 4. The average molecular weight is 902 g/mol. The van der Waals surface area contributed by atoms with Crippen molar-refractivity contribution in [1.82, 2.24) is 29.1 Å². The van der Waals surface area contributed by atoms with Gasteiger partial charge in [0.2, 0.25) is 0 Å². The van der Waals surface area contributed by atoms with Gasteiger partial charge in [0.15, 0.2) is 29.9 Å². The molecule has 28 nitrogen and oxygen atoms in total. The van der Waals surface area contributed by atoms with Gasteiger partial charge in [-0.05, 0) is 0 Å². The predicted molar refractivity (Wildman–Crippen MR) is 183 cm³/mol. The monoisotopic (exact) mass is 902 g/mol. The summed E-state index contributed by atoms with van der Waals surface area (Å²) < 4.78 is 96.6. The van der Waals surface area contributed by atoms with Crippen LogP contribution in [-0.4, -0.2) is 109 Å². The van der Waals surface area contributed by atoms with E-state index in [-0.39, 0.29) is 11.2 Å². The molecule has 316 valence electrons. The molecule has 0 aliphatic carbocycles. The lowest BCUT2D eigenvalue weighted by Gasteiger charge is -2.23. The second kappa shape index (κ2) is 16.2. The van der Waals surface area contributed by atoms with E-state index in [0.717, 1.165) is 34.1 Å². The van der Waals surface area contributed by atoms with Crippen LogP contribution in [0.2, 0.25) is 0 Å². The number of ether oxygens (including phenoxy) is 4. The van der Waals surface area contributed by atoms with Crippen LogP contribution >= 0.6 is 31.3 Å². The smallest absolute Gasteiger partial charge is 0.387 e. The molecule has 3 saturated heterocycles. The standard InChI is InChI=1S/C26H30N6O22P4/c33-15-6-7-31(26(37)30-15)24-20-19(50-25(51-20)12-4-2-1-3-5-12)14(49-24)9-47-56(40,41)53-58(44,45)54-57(42,43)52-55(38,39)46-8-13-17(34)18(35)23(48-13)32-11-29-16-21(32)27-10-28-22(16)36/h1-7,10-11,13-14,17-20,23-25,34-35H,8-9H2,(H,38,39)(H,40,41)(H,42,43)(H,44,45)(H,27,28,36)(H,30,33,37)/t13-,14-,17-,18-,19-,20-,23-,24-,25?/m1/s1. The third-order valence-electron chi connectivity index (χ3n) is 8.44. The Labute approximate surface area is 320 Å². The van der Waals surface area contributed by atoms with E-state index in [1.165, 1.54) is 0 Å². The first-order valence-corrected chi connectivity index (χ1v) is 22.2. The van der Waals surface area contributed by atoms with Crippen LogP contribution in [0, 0.1) is 0 Å². The number of benzene rings is 1. The minimum atomic E-state index is -6.22. The number of fused-ring (bicyclic) bond motifs is 2. The molecule has 0 spiro atoms. The number of aliphatic hydroxyl groups excluding tert-OH is 2. The molecular weight excluding hydrogens is 872 g/mol. The van der Waals surface area contributed by atoms with Crippen molar-refractivity contribution in [2.75, 3.05) is 13.2 Å². The van der Waals surface area contributed by atoms with Crippen LogP contribution in [0.5, 0.6) is 0 Å². The maximum atomic E-state index is 12.7. The number of hydrogen-bond donors (Lipinski definition) is 8. The Kier molecular flexibility index (Phi) is 11.9. The molecule has 5 unspecified atom stereocenters. The maximum absolute atomic E-state index is 12.7. The summed E-state index contributed by atoms with van der Waals surface area (Å²) in [4.78, 5) is 88.5. The number of phosphoric ester groups is 2. The first kappa shape index (κ1) is 42.7. The van der Waals surface area contributed by atoms with Crippen LogP contribution in [0.3, 0.4) is 0 Å². The van der Waals surface area contributed by atoms with E-state index in [1.54, 1.807) is 30.3 Å². The summed E-state index contributed by atoms with van der Waals surface area (Å²) in [5, 5.41) is 20.9. The fourth-order valence-corrected chi connectivity index (χ4v) is 11.0. The molecule has 8 N–H and O–H groups in total. The summed E-state index contributed by atoms with van der Waals surface area (Å²) in [6.45, 7) is -2.13. The zero-order valence-electron chi connectivity index (χ0n) is 28.6. The first-order valence-electron chi connectivity index (χ1n) is 16.2. The second-order valence-electron chi connectivity index (χ2n) is 12.3. The molecule has 7 rings (SSSR count). The molecule has 0 radical (unpaired) electrons. The van der Waals surface area contributed by atoms with Crippen molar-refractivity contribution in [3.63, 3.8) is 0 Å². The largest absolute Gasteiger partial charge is 0.490 e. The van der Waals surface area contributed by atoms with Gasteiger partial charge in [0.05, 0.1) is 25.9 Å². The molecule has 3 aromatic heterocycles. The van der Waals surface area contributed by atoms with Crippen LogP contribution in [0.4, 0.5) is 0 Å². The highest BCUT2D eigenvalue weighted by Crippen LogP contribution is 2.71. The van der Waals surface area contributed by atoms with E-state index in [9.17, 15) is 62.4 Å². The molecule has 0 bridgehead atoms. The van der Waals surface area contributed by atoms with Gasteiger partial charge >= 0.3 is 37.0 Å². The molecule has 58 heavy (non-hydrogen) atoms. The summed E-state index contributed by atoms with van der Waals surface area (Å²) in [6.07, 6.45) is -9.53. The number of H-pyrrole nitrogens is 2. The third-order valence-corrected chi connectivity index (χ3v) is 14.3. The SMILES string of the molecule is O=c1ccn([C@@H]2O[C@H](COP(=O)(O)OP(=O)(O)OP(=O)(O)OP(=O)(O)OC[C@H]3O[C@@H](n4cnc5c(=O)[nH]cnc54)[C@H](O)[C@@H]3O)[C@H]3OC(c4ccccc4)O[C@H]32)c(=O)[nH]1. The van der Waals surface area contributed by atoms with Crippen LogP contribution < -0.4 is 16.8 Å². The molecule has 1 aromatic carbocycles. The Morgan fingerprint density at radius 1 is 0.707 bits per heavy atom. The summed E-state index contributed by atoms with van der Waals surface area (Å²) in [7, 11) is -24.0. The van der Waals surface area contributed by atoms with Gasteiger partial charge in [0.1, 0.15) is 36.6 Å². The number of imidazole rings is 1. The van der Waals surface area contributed by atoms with E-state index in [4.69, 9.17) is 23.5 Å². The van der Waals surface area contributed by atoms with Crippen molar-refractivity contribution in [1.29, 1.82) is 0 Å². The number of aromatic nitrogens is 6. The quantitative estimate of drug-likeness (QED) is 0.0674. The van der Waals surface area contributed by atoms with Crippen molar-refractivity contribution in [3.8, 4) is 0 Å². The second-order valence-corrected chi connectivity index (χ2v) is 18.6. The van der Waals surface area contributed by atoms with E-state index < -0.39 is 117 Å². The van der Waals surface area contributed by atoms with Gasteiger partial charge in [-0.2, -0.15) is 12.9 Å². The number of aromatic amines is 2. The minimum Gasteiger partial charge on any atom is -0.387 e. The zero-order chi connectivity index (χ0) is 41.8. The summed E-state index contributed by atoms with van der Waals surface area (Å²) in [5.41, 5.74) is -1.98. The fraction of sp³-hybridized carbons (Fsp3) is 0.423. The molecule has 3 aliphatic rings. The highest BCUT2D eigenvalue weighted by molar-refractivity contribution is 7.69. The summed E-state index contributed by atoms with van der Waals surface area (Å²) >= 11 is 0. The number of nitrogens with one attached hydrogen (secondary N) is 2. The number of aliphatic hydroxyl groups is 2. The molecule has 0 amide bonds. The summed E-state index contributed by atoms with van der Waals surface area (Å²) in [5.74, 6) is 0. The maximum Gasteiger partial charge on any atom is 0.490 e. The van der Waals surface area contributed by atoms with Gasteiger partial charge in [-0.15, -0.1) is 0 Å². The van der Waals surface area contributed by atoms with E-state index in [1.807, 2.05) is 4.98 Å². The van der Waals surface area contributed by atoms with Crippen LogP contribution in [0.15, 0.2) is 69.6 Å². The van der Waals surface area contributed by atoms with E-state index in [0.29, 0.717) is 5.56 Å². The molecule has 3 fully saturated rings. The lowest BCUT2D eigenvalue weighted by Crippen LogP contribution is -2.36. The Morgan fingerprint density at radius 2 is 1.31 bits per heavy atom. The lowest BCUT2D eigenvalue weighted by atomic mass is 10.1. The normalized spacial score (nSPS) is 31.3. The summed E-state index contributed by atoms with van der Waals surface area (Å²) in [6, 6.07) is 9.41. The van der Waals surface area contributed by atoms with E-state index in [2.05, 4.69) is 32.4 Å². The van der Waals surface area contributed by atoms with Gasteiger partial charge in [-0.1, -0.05) is 30.3 Å². The zero-order valence-corrected chi connectivity index (χ0v) is 32.2. The highest BCUT2D eigenvalue weighted by atomic mass is 31.3.